The third-order valence-corrected chi connectivity index (χ3v) is 3.21. The Kier molecular flexibility index (Phi) is 5.28. The predicted molar refractivity (Wildman–Crippen MR) is 79.2 cm³/mol. The lowest BCUT2D eigenvalue weighted by molar-refractivity contribution is 0.317. The molecule has 0 spiro atoms. The molecule has 4 heteroatoms. The highest BCUT2D eigenvalue weighted by Gasteiger charge is 2.12. The zero-order valence-corrected chi connectivity index (χ0v) is 12.0. The Balaban J connectivity index is 2.10. The van der Waals surface area contributed by atoms with Crippen LogP contribution in [0.1, 0.15) is 30.5 Å². The van der Waals surface area contributed by atoms with Crippen molar-refractivity contribution in [3.8, 4) is 5.75 Å². The number of benzene rings is 2. The van der Waals surface area contributed by atoms with Gasteiger partial charge in [0, 0.05) is 12.1 Å². The molecule has 2 N–H and O–H groups in total. The lowest BCUT2D eigenvalue weighted by atomic mass is 9.99. The summed E-state index contributed by atoms with van der Waals surface area (Å²) in [5.41, 5.74) is 7.39. The summed E-state index contributed by atoms with van der Waals surface area (Å²) < 4.78 is 32.1. The summed E-state index contributed by atoms with van der Waals surface area (Å²) in [6.07, 6.45) is 1.24. The van der Waals surface area contributed by atoms with Gasteiger partial charge in [-0.1, -0.05) is 25.1 Å². The number of hydrogen-bond donors (Lipinski definition) is 1. The van der Waals surface area contributed by atoms with Crippen LogP contribution in [0.25, 0.3) is 0 Å². The van der Waals surface area contributed by atoms with Gasteiger partial charge in [0.2, 0.25) is 0 Å². The molecule has 1 unspecified atom stereocenters. The normalized spacial score (nSPS) is 12.2. The molecule has 0 aliphatic rings. The first-order chi connectivity index (χ1) is 10.1. The summed E-state index contributed by atoms with van der Waals surface area (Å²) in [6, 6.07) is 10.7. The minimum atomic E-state index is -0.584. The van der Waals surface area contributed by atoms with Crippen LogP contribution < -0.4 is 10.5 Å². The van der Waals surface area contributed by atoms with Gasteiger partial charge >= 0.3 is 0 Å². The van der Waals surface area contributed by atoms with E-state index in [2.05, 4.69) is 0 Å². The molecule has 0 aliphatic heterocycles. The van der Waals surface area contributed by atoms with E-state index in [0.717, 1.165) is 23.8 Å². The van der Waals surface area contributed by atoms with Gasteiger partial charge in [0.1, 0.15) is 17.4 Å². The molecule has 2 aromatic carbocycles. The van der Waals surface area contributed by atoms with Crippen molar-refractivity contribution in [1.29, 1.82) is 0 Å². The summed E-state index contributed by atoms with van der Waals surface area (Å²) in [4.78, 5) is 0. The van der Waals surface area contributed by atoms with Crippen LogP contribution in [0.2, 0.25) is 0 Å². The lowest BCUT2D eigenvalue weighted by Crippen LogP contribution is -2.14. The molecule has 0 aliphatic carbocycles. The Bertz CT molecular complexity index is 601. The summed E-state index contributed by atoms with van der Waals surface area (Å²) in [5, 5.41) is 0. The molecule has 0 bridgehead atoms. The molecule has 1 atom stereocenters. The van der Waals surface area contributed by atoms with Crippen molar-refractivity contribution in [3.63, 3.8) is 0 Å². The summed E-state index contributed by atoms with van der Waals surface area (Å²) >= 11 is 0. The first-order valence-corrected chi connectivity index (χ1v) is 7.02. The second-order valence-electron chi connectivity index (χ2n) is 4.97. The van der Waals surface area contributed by atoms with Crippen molar-refractivity contribution >= 4 is 0 Å². The predicted octanol–water partition coefficient (Wildman–Crippen LogP) is 4.00. The van der Waals surface area contributed by atoms with Gasteiger partial charge in [0.25, 0.3) is 0 Å². The van der Waals surface area contributed by atoms with Crippen molar-refractivity contribution in [3.05, 3.63) is 65.2 Å². The maximum absolute atomic E-state index is 13.7. The van der Waals surface area contributed by atoms with Gasteiger partial charge in [-0.2, -0.15) is 0 Å². The van der Waals surface area contributed by atoms with E-state index in [0.29, 0.717) is 18.6 Å². The Morgan fingerprint density at radius 2 is 1.95 bits per heavy atom. The van der Waals surface area contributed by atoms with Crippen LogP contribution in [0, 0.1) is 11.6 Å². The molecule has 0 saturated carbocycles. The van der Waals surface area contributed by atoms with Crippen LogP contribution in [0.4, 0.5) is 8.78 Å². The van der Waals surface area contributed by atoms with Gasteiger partial charge in [-0.25, -0.2) is 8.78 Å². The first-order valence-electron chi connectivity index (χ1n) is 7.02. The Morgan fingerprint density at radius 3 is 2.67 bits per heavy atom. The van der Waals surface area contributed by atoms with Crippen LogP contribution in [0.3, 0.4) is 0 Å². The monoisotopic (exact) mass is 291 g/mol. The number of halogens is 2. The molecule has 2 nitrogen and oxygen atoms in total. The van der Waals surface area contributed by atoms with E-state index in [4.69, 9.17) is 10.5 Å². The van der Waals surface area contributed by atoms with Crippen molar-refractivity contribution < 1.29 is 13.5 Å². The standard InChI is InChI=1S/C17H19F2NO/c1-2-8-21-15-5-3-4-13(9-15)17(20)10-12-6-7-14(18)11-16(12)19/h3-7,9,11,17H,2,8,10,20H2,1H3. The highest BCUT2D eigenvalue weighted by Crippen LogP contribution is 2.22. The Morgan fingerprint density at radius 1 is 1.14 bits per heavy atom. The van der Waals surface area contributed by atoms with Gasteiger partial charge in [-0.05, 0) is 42.2 Å². The van der Waals surface area contributed by atoms with E-state index in [1.807, 2.05) is 31.2 Å². The lowest BCUT2D eigenvalue weighted by Gasteiger charge is -2.14. The molecule has 2 rings (SSSR count). The van der Waals surface area contributed by atoms with Gasteiger partial charge in [-0.15, -0.1) is 0 Å². The van der Waals surface area contributed by atoms with E-state index in [1.165, 1.54) is 12.1 Å². The van der Waals surface area contributed by atoms with Crippen molar-refractivity contribution in [1.82, 2.24) is 0 Å². The highest BCUT2D eigenvalue weighted by molar-refractivity contribution is 5.32. The maximum Gasteiger partial charge on any atom is 0.129 e. The smallest absolute Gasteiger partial charge is 0.129 e. The van der Waals surface area contributed by atoms with E-state index < -0.39 is 11.6 Å². The highest BCUT2D eigenvalue weighted by atomic mass is 19.1. The number of hydrogen-bond acceptors (Lipinski definition) is 2. The Labute approximate surface area is 123 Å². The van der Waals surface area contributed by atoms with Gasteiger partial charge < -0.3 is 10.5 Å². The molecular formula is C17H19F2NO. The van der Waals surface area contributed by atoms with E-state index in [1.54, 1.807) is 0 Å². The zero-order chi connectivity index (χ0) is 15.2. The van der Waals surface area contributed by atoms with Gasteiger partial charge in [0.15, 0.2) is 0 Å². The second kappa shape index (κ2) is 7.18. The van der Waals surface area contributed by atoms with Crippen LogP contribution in [-0.4, -0.2) is 6.61 Å². The molecule has 21 heavy (non-hydrogen) atoms. The molecule has 2 aromatic rings. The molecule has 0 fully saturated rings. The molecule has 0 saturated heterocycles. The number of rotatable bonds is 6. The molecular weight excluding hydrogens is 272 g/mol. The first kappa shape index (κ1) is 15.4. The Hall–Kier alpha value is -1.94. The van der Waals surface area contributed by atoms with Crippen LogP contribution in [-0.2, 0) is 6.42 Å². The fraction of sp³-hybridized carbons (Fsp3) is 0.294. The molecule has 0 heterocycles. The third-order valence-electron chi connectivity index (χ3n) is 3.21. The fourth-order valence-corrected chi connectivity index (χ4v) is 2.10. The van der Waals surface area contributed by atoms with E-state index in [9.17, 15) is 8.78 Å². The largest absolute Gasteiger partial charge is 0.494 e. The number of nitrogens with two attached hydrogens (primary N) is 1. The van der Waals surface area contributed by atoms with Crippen LogP contribution in [0.5, 0.6) is 5.75 Å². The fourth-order valence-electron chi connectivity index (χ4n) is 2.10. The van der Waals surface area contributed by atoms with Crippen molar-refractivity contribution in [2.45, 2.75) is 25.8 Å². The quantitative estimate of drug-likeness (QED) is 0.873. The summed E-state index contributed by atoms with van der Waals surface area (Å²) in [5.74, 6) is -0.395. The minimum absolute atomic E-state index is 0.309. The van der Waals surface area contributed by atoms with Crippen LogP contribution >= 0.6 is 0 Å². The minimum Gasteiger partial charge on any atom is -0.494 e. The van der Waals surface area contributed by atoms with Crippen molar-refractivity contribution in [2.24, 2.45) is 5.73 Å². The second-order valence-corrected chi connectivity index (χ2v) is 4.97. The zero-order valence-electron chi connectivity index (χ0n) is 12.0. The average molecular weight is 291 g/mol. The van der Waals surface area contributed by atoms with Gasteiger partial charge in [-0.3, -0.25) is 0 Å². The summed E-state index contributed by atoms with van der Waals surface area (Å²) in [6.45, 7) is 2.68. The average Bonchev–Trinajstić information content (AvgIpc) is 2.48. The molecule has 0 radical (unpaired) electrons. The maximum atomic E-state index is 13.7. The van der Waals surface area contributed by atoms with Crippen molar-refractivity contribution in [2.75, 3.05) is 6.61 Å². The van der Waals surface area contributed by atoms with Gasteiger partial charge in [0.05, 0.1) is 6.61 Å². The SMILES string of the molecule is CCCOc1cccc(C(N)Cc2ccc(F)cc2F)c1. The van der Waals surface area contributed by atoms with E-state index >= 15 is 0 Å². The number of ether oxygens (including phenoxy) is 1. The third kappa shape index (κ3) is 4.26. The summed E-state index contributed by atoms with van der Waals surface area (Å²) in [7, 11) is 0. The molecule has 0 amide bonds. The molecule has 112 valence electrons. The van der Waals surface area contributed by atoms with E-state index in [-0.39, 0.29) is 6.04 Å². The topological polar surface area (TPSA) is 35.2 Å². The molecule has 0 aromatic heterocycles. The van der Waals surface area contributed by atoms with Crippen LogP contribution in [0.15, 0.2) is 42.5 Å².